The van der Waals surface area contributed by atoms with Crippen LogP contribution >= 0.6 is 0 Å². The largest absolute Gasteiger partial charge is 0.345 e. The zero-order valence-corrected chi connectivity index (χ0v) is 12.8. The summed E-state index contributed by atoms with van der Waals surface area (Å²) in [5.74, 6) is 0.691. The molecule has 0 atom stereocenters. The number of aromatic nitrogens is 2. The van der Waals surface area contributed by atoms with E-state index in [0.717, 1.165) is 11.1 Å². The van der Waals surface area contributed by atoms with Gasteiger partial charge in [0.15, 0.2) is 0 Å². The lowest BCUT2D eigenvalue weighted by Gasteiger charge is -2.09. The molecule has 2 N–H and O–H groups in total. The Hall–Kier alpha value is -2.60. The van der Waals surface area contributed by atoms with Crippen LogP contribution in [0.25, 0.3) is 11.4 Å². The molecule has 0 bridgehead atoms. The van der Waals surface area contributed by atoms with Crippen molar-refractivity contribution >= 4 is 15.7 Å². The van der Waals surface area contributed by atoms with Gasteiger partial charge in [-0.15, -0.1) is 0 Å². The number of rotatable bonds is 4. The Morgan fingerprint density at radius 1 is 1.09 bits per heavy atom. The van der Waals surface area contributed by atoms with Crippen molar-refractivity contribution in [2.24, 2.45) is 0 Å². The molecular weight excluding hydrogens is 298 g/mol. The molecule has 0 aliphatic rings. The number of nitrogens with one attached hydrogen (secondary N) is 2. The van der Waals surface area contributed by atoms with E-state index in [1.54, 1.807) is 54.9 Å². The summed E-state index contributed by atoms with van der Waals surface area (Å²) in [6, 6.07) is 13.8. The van der Waals surface area contributed by atoms with E-state index in [1.807, 2.05) is 13.0 Å². The van der Waals surface area contributed by atoms with Gasteiger partial charge in [-0.25, -0.2) is 13.4 Å². The standard InChI is InChI=1S/C16H15N3O2S/c1-12-5-7-15(8-6-12)22(20,21)19-14-4-2-3-13(11-14)16-17-9-10-18-16/h2-11,19H,1H3,(H,17,18). The van der Waals surface area contributed by atoms with E-state index in [9.17, 15) is 8.42 Å². The summed E-state index contributed by atoms with van der Waals surface area (Å²) in [6.45, 7) is 1.91. The predicted molar refractivity (Wildman–Crippen MR) is 86.0 cm³/mol. The number of H-pyrrole nitrogens is 1. The molecule has 0 aliphatic heterocycles. The van der Waals surface area contributed by atoms with Crippen molar-refractivity contribution in [2.45, 2.75) is 11.8 Å². The second-order valence-electron chi connectivity index (χ2n) is 4.94. The normalized spacial score (nSPS) is 11.3. The van der Waals surface area contributed by atoms with E-state index in [0.29, 0.717) is 11.5 Å². The van der Waals surface area contributed by atoms with E-state index in [1.165, 1.54) is 0 Å². The zero-order chi connectivity index (χ0) is 15.6. The second kappa shape index (κ2) is 5.65. The second-order valence-corrected chi connectivity index (χ2v) is 6.62. The first-order valence-electron chi connectivity index (χ1n) is 6.74. The molecule has 112 valence electrons. The monoisotopic (exact) mass is 313 g/mol. The highest BCUT2D eigenvalue weighted by Crippen LogP contribution is 2.22. The third-order valence-electron chi connectivity index (χ3n) is 3.22. The molecule has 3 aromatic rings. The summed E-state index contributed by atoms with van der Waals surface area (Å²) in [5, 5.41) is 0. The number of sulfonamides is 1. The van der Waals surface area contributed by atoms with Gasteiger partial charge in [0.25, 0.3) is 10.0 Å². The van der Waals surface area contributed by atoms with Crippen LogP contribution in [0, 0.1) is 6.92 Å². The zero-order valence-electron chi connectivity index (χ0n) is 11.9. The molecule has 1 aromatic heterocycles. The molecule has 0 saturated heterocycles. The number of imidazole rings is 1. The topological polar surface area (TPSA) is 74.8 Å². The lowest BCUT2D eigenvalue weighted by Crippen LogP contribution is -2.12. The van der Waals surface area contributed by atoms with Crippen LogP contribution in [0.1, 0.15) is 5.56 Å². The molecule has 6 heteroatoms. The van der Waals surface area contributed by atoms with Crippen molar-refractivity contribution in [3.63, 3.8) is 0 Å². The van der Waals surface area contributed by atoms with Crippen LogP contribution in [0.2, 0.25) is 0 Å². The Morgan fingerprint density at radius 2 is 1.86 bits per heavy atom. The third kappa shape index (κ3) is 3.01. The van der Waals surface area contributed by atoms with E-state index in [4.69, 9.17) is 0 Å². The summed E-state index contributed by atoms with van der Waals surface area (Å²) >= 11 is 0. The van der Waals surface area contributed by atoms with Crippen molar-refractivity contribution in [3.05, 3.63) is 66.5 Å². The van der Waals surface area contributed by atoms with Crippen molar-refractivity contribution < 1.29 is 8.42 Å². The van der Waals surface area contributed by atoms with E-state index < -0.39 is 10.0 Å². The maximum Gasteiger partial charge on any atom is 0.261 e. The van der Waals surface area contributed by atoms with Gasteiger partial charge >= 0.3 is 0 Å². The van der Waals surface area contributed by atoms with Gasteiger partial charge in [0.05, 0.1) is 4.90 Å². The summed E-state index contributed by atoms with van der Waals surface area (Å²) in [7, 11) is -3.60. The molecule has 0 spiro atoms. The molecule has 2 aromatic carbocycles. The van der Waals surface area contributed by atoms with E-state index >= 15 is 0 Å². The fourth-order valence-electron chi connectivity index (χ4n) is 2.08. The number of anilines is 1. The van der Waals surface area contributed by atoms with Crippen molar-refractivity contribution in [3.8, 4) is 11.4 Å². The average Bonchev–Trinajstić information content (AvgIpc) is 3.02. The molecule has 0 amide bonds. The predicted octanol–water partition coefficient (Wildman–Crippen LogP) is 3.19. The fourth-order valence-corrected chi connectivity index (χ4v) is 3.13. The Kier molecular flexibility index (Phi) is 3.68. The first kappa shape index (κ1) is 14.3. The number of hydrogen-bond donors (Lipinski definition) is 2. The summed E-state index contributed by atoms with van der Waals surface area (Å²) in [4.78, 5) is 7.39. The van der Waals surface area contributed by atoms with Gasteiger partial charge in [-0.05, 0) is 31.2 Å². The third-order valence-corrected chi connectivity index (χ3v) is 4.61. The van der Waals surface area contributed by atoms with Gasteiger partial charge in [-0.2, -0.15) is 0 Å². The minimum atomic E-state index is -3.60. The SMILES string of the molecule is Cc1ccc(S(=O)(=O)Nc2cccc(-c3ncc[nH]3)c2)cc1. The Morgan fingerprint density at radius 3 is 2.55 bits per heavy atom. The van der Waals surface area contributed by atoms with Gasteiger partial charge in [-0.1, -0.05) is 29.8 Å². The molecule has 0 fully saturated rings. The van der Waals surface area contributed by atoms with Crippen LogP contribution < -0.4 is 4.72 Å². The van der Waals surface area contributed by atoms with E-state index in [2.05, 4.69) is 14.7 Å². The molecule has 22 heavy (non-hydrogen) atoms. The highest BCUT2D eigenvalue weighted by atomic mass is 32.2. The summed E-state index contributed by atoms with van der Waals surface area (Å²) < 4.78 is 27.3. The van der Waals surface area contributed by atoms with Gasteiger partial charge in [0.2, 0.25) is 0 Å². The molecular formula is C16H15N3O2S. The van der Waals surface area contributed by atoms with Gasteiger partial charge in [0.1, 0.15) is 5.82 Å². The average molecular weight is 313 g/mol. The smallest absolute Gasteiger partial charge is 0.261 e. The quantitative estimate of drug-likeness (QED) is 0.777. The number of benzene rings is 2. The fraction of sp³-hybridized carbons (Fsp3) is 0.0625. The number of aryl methyl sites for hydroxylation is 1. The lowest BCUT2D eigenvalue weighted by molar-refractivity contribution is 0.601. The molecule has 0 aliphatic carbocycles. The summed E-state index contributed by atoms with van der Waals surface area (Å²) in [5.41, 5.74) is 2.32. The van der Waals surface area contributed by atoms with Crippen LogP contribution in [0.15, 0.2) is 65.8 Å². The molecule has 0 saturated carbocycles. The highest BCUT2D eigenvalue weighted by molar-refractivity contribution is 7.92. The first-order chi connectivity index (χ1) is 10.5. The molecule has 1 heterocycles. The first-order valence-corrected chi connectivity index (χ1v) is 8.22. The minimum absolute atomic E-state index is 0.238. The molecule has 3 rings (SSSR count). The van der Waals surface area contributed by atoms with Crippen molar-refractivity contribution in [2.75, 3.05) is 4.72 Å². The van der Waals surface area contributed by atoms with Crippen molar-refractivity contribution in [1.82, 2.24) is 9.97 Å². The van der Waals surface area contributed by atoms with Crippen LogP contribution in [0.5, 0.6) is 0 Å². The molecule has 0 unspecified atom stereocenters. The lowest BCUT2D eigenvalue weighted by atomic mass is 10.2. The highest BCUT2D eigenvalue weighted by Gasteiger charge is 2.14. The number of aromatic amines is 1. The van der Waals surface area contributed by atoms with Gasteiger partial charge < -0.3 is 4.98 Å². The Bertz CT molecular complexity index is 870. The van der Waals surface area contributed by atoms with Gasteiger partial charge in [0, 0.05) is 23.6 Å². The van der Waals surface area contributed by atoms with Crippen LogP contribution in [0.3, 0.4) is 0 Å². The summed E-state index contributed by atoms with van der Waals surface area (Å²) in [6.07, 6.45) is 3.37. The molecule has 0 radical (unpaired) electrons. The maximum absolute atomic E-state index is 12.4. The van der Waals surface area contributed by atoms with Crippen LogP contribution in [-0.4, -0.2) is 18.4 Å². The van der Waals surface area contributed by atoms with E-state index in [-0.39, 0.29) is 4.90 Å². The Labute approximate surface area is 129 Å². The van der Waals surface area contributed by atoms with Crippen LogP contribution in [-0.2, 0) is 10.0 Å². The number of hydrogen-bond acceptors (Lipinski definition) is 3. The maximum atomic E-state index is 12.4. The molecule has 5 nitrogen and oxygen atoms in total. The van der Waals surface area contributed by atoms with Gasteiger partial charge in [-0.3, -0.25) is 4.72 Å². The van der Waals surface area contributed by atoms with Crippen LogP contribution in [0.4, 0.5) is 5.69 Å². The number of nitrogens with zero attached hydrogens (tertiary/aromatic N) is 1. The minimum Gasteiger partial charge on any atom is -0.345 e. The van der Waals surface area contributed by atoms with Crippen molar-refractivity contribution in [1.29, 1.82) is 0 Å². The Balaban J connectivity index is 1.89.